The summed E-state index contributed by atoms with van der Waals surface area (Å²) in [5.41, 5.74) is 6.10. The molecular formula is C22H21NO. The Bertz CT molecular complexity index is 836. The van der Waals surface area contributed by atoms with E-state index in [4.69, 9.17) is 0 Å². The Hall–Kier alpha value is -2.87. The second-order valence-corrected chi connectivity index (χ2v) is 5.86. The van der Waals surface area contributed by atoms with E-state index in [0.29, 0.717) is 5.56 Å². The summed E-state index contributed by atoms with van der Waals surface area (Å²) >= 11 is 0. The molecule has 0 radical (unpaired) electrons. The molecule has 2 heteroatoms. The van der Waals surface area contributed by atoms with E-state index in [-0.39, 0.29) is 5.91 Å². The SMILES string of the molecule is CCc1cccc(C)c1NC(=O)c1ccc(-c2ccccc2)cc1. The third-order valence-electron chi connectivity index (χ3n) is 4.23. The first-order chi connectivity index (χ1) is 11.7. The highest BCUT2D eigenvalue weighted by Gasteiger charge is 2.10. The molecule has 3 aromatic carbocycles. The van der Waals surface area contributed by atoms with Crippen molar-refractivity contribution >= 4 is 11.6 Å². The number of nitrogens with one attached hydrogen (secondary N) is 1. The van der Waals surface area contributed by atoms with Gasteiger partial charge in [-0.05, 0) is 47.7 Å². The summed E-state index contributed by atoms with van der Waals surface area (Å²) in [6.45, 7) is 4.12. The number of hydrogen-bond acceptors (Lipinski definition) is 1. The minimum atomic E-state index is -0.0707. The van der Waals surface area contributed by atoms with E-state index in [9.17, 15) is 4.79 Å². The van der Waals surface area contributed by atoms with Crippen molar-refractivity contribution in [3.63, 3.8) is 0 Å². The van der Waals surface area contributed by atoms with Crippen LogP contribution in [0.15, 0.2) is 72.8 Å². The fourth-order valence-electron chi connectivity index (χ4n) is 2.83. The first kappa shape index (κ1) is 16.0. The second kappa shape index (κ2) is 7.14. The second-order valence-electron chi connectivity index (χ2n) is 5.86. The average molecular weight is 315 g/mol. The molecule has 0 heterocycles. The molecule has 0 atom stereocenters. The minimum Gasteiger partial charge on any atom is -0.321 e. The van der Waals surface area contributed by atoms with Gasteiger partial charge >= 0.3 is 0 Å². The molecule has 0 bridgehead atoms. The maximum Gasteiger partial charge on any atom is 0.255 e. The summed E-state index contributed by atoms with van der Waals surface area (Å²) in [7, 11) is 0. The molecule has 0 saturated heterocycles. The summed E-state index contributed by atoms with van der Waals surface area (Å²) in [6, 6.07) is 24.0. The smallest absolute Gasteiger partial charge is 0.255 e. The van der Waals surface area contributed by atoms with Crippen molar-refractivity contribution in [3.05, 3.63) is 89.5 Å². The maximum atomic E-state index is 12.6. The zero-order valence-electron chi connectivity index (χ0n) is 14.0. The van der Waals surface area contributed by atoms with Crippen LogP contribution < -0.4 is 5.32 Å². The molecule has 3 aromatic rings. The Balaban J connectivity index is 1.82. The third-order valence-corrected chi connectivity index (χ3v) is 4.23. The van der Waals surface area contributed by atoms with E-state index in [1.807, 2.05) is 61.5 Å². The van der Waals surface area contributed by atoms with Gasteiger partial charge in [0, 0.05) is 11.3 Å². The summed E-state index contributed by atoms with van der Waals surface area (Å²) in [6.07, 6.45) is 0.893. The summed E-state index contributed by atoms with van der Waals surface area (Å²) in [5.74, 6) is -0.0707. The Labute approximate surface area is 143 Å². The van der Waals surface area contributed by atoms with Gasteiger partial charge in [0.05, 0.1) is 0 Å². The highest BCUT2D eigenvalue weighted by Crippen LogP contribution is 2.23. The van der Waals surface area contributed by atoms with Crippen LogP contribution in [0.25, 0.3) is 11.1 Å². The number of hydrogen-bond donors (Lipinski definition) is 1. The largest absolute Gasteiger partial charge is 0.321 e. The predicted molar refractivity (Wildman–Crippen MR) is 100 cm³/mol. The van der Waals surface area contributed by atoms with Crippen molar-refractivity contribution in [2.45, 2.75) is 20.3 Å². The predicted octanol–water partition coefficient (Wildman–Crippen LogP) is 5.48. The Kier molecular flexibility index (Phi) is 4.76. The van der Waals surface area contributed by atoms with E-state index in [1.54, 1.807) is 0 Å². The molecule has 0 aliphatic carbocycles. The van der Waals surface area contributed by atoms with Gasteiger partial charge in [-0.2, -0.15) is 0 Å². The maximum absolute atomic E-state index is 12.6. The van der Waals surface area contributed by atoms with Crippen molar-refractivity contribution in [1.82, 2.24) is 0 Å². The molecule has 0 fully saturated rings. The molecule has 0 aliphatic heterocycles. The van der Waals surface area contributed by atoms with Crippen molar-refractivity contribution < 1.29 is 4.79 Å². The van der Waals surface area contributed by atoms with Gasteiger partial charge in [-0.1, -0.05) is 67.6 Å². The number of rotatable bonds is 4. The molecule has 0 aromatic heterocycles. The number of amides is 1. The van der Waals surface area contributed by atoms with Crippen LogP contribution in [0.3, 0.4) is 0 Å². The van der Waals surface area contributed by atoms with Gasteiger partial charge < -0.3 is 5.32 Å². The number of para-hydroxylation sites is 1. The van der Waals surface area contributed by atoms with Gasteiger partial charge in [0.15, 0.2) is 0 Å². The molecule has 1 N–H and O–H groups in total. The van der Waals surface area contributed by atoms with E-state index in [0.717, 1.165) is 34.4 Å². The van der Waals surface area contributed by atoms with Crippen molar-refractivity contribution in [2.75, 3.05) is 5.32 Å². The molecule has 3 rings (SSSR count). The quantitative estimate of drug-likeness (QED) is 0.679. The fourth-order valence-corrected chi connectivity index (χ4v) is 2.83. The Morgan fingerprint density at radius 1 is 0.833 bits per heavy atom. The lowest BCUT2D eigenvalue weighted by Crippen LogP contribution is -2.14. The van der Waals surface area contributed by atoms with Crippen LogP contribution in [-0.4, -0.2) is 5.91 Å². The topological polar surface area (TPSA) is 29.1 Å². The molecule has 0 unspecified atom stereocenters. The lowest BCUT2D eigenvalue weighted by Gasteiger charge is -2.13. The summed E-state index contributed by atoms with van der Waals surface area (Å²) in [4.78, 5) is 12.6. The summed E-state index contributed by atoms with van der Waals surface area (Å²) in [5, 5.41) is 3.07. The third kappa shape index (κ3) is 3.38. The molecular weight excluding hydrogens is 294 g/mol. The number of anilines is 1. The van der Waals surface area contributed by atoms with Crippen LogP contribution >= 0.6 is 0 Å². The van der Waals surface area contributed by atoms with E-state index in [2.05, 4.69) is 30.4 Å². The first-order valence-electron chi connectivity index (χ1n) is 8.24. The lowest BCUT2D eigenvalue weighted by molar-refractivity contribution is 0.102. The molecule has 2 nitrogen and oxygen atoms in total. The van der Waals surface area contributed by atoms with Gasteiger partial charge in [-0.3, -0.25) is 4.79 Å². The minimum absolute atomic E-state index is 0.0707. The number of carbonyl (C=O) groups excluding carboxylic acids is 1. The van der Waals surface area contributed by atoms with Gasteiger partial charge in [0.2, 0.25) is 0 Å². The highest BCUT2D eigenvalue weighted by molar-refractivity contribution is 6.05. The monoisotopic (exact) mass is 315 g/mol. The molecule has 24 heavy (non-hydrogen) atoms. The average Bonchev–Trinajstić information content (AvgIpc) is 2.64. The Morgan fingerprint density at radius 2 is 1.50 bits per heavy atom. The Morgan fingerprint density at radius 3 is 2.17 bits per heavy atom. The zero-order chi connectivity index (χ0) is 16.9. The molecule has 0 aliphatic rings. The zero-order valence-corrected chi connectivity index (χ0v) is 14.0. The van der Waals surface area contributed by atoms with Gasteiger partial charge in [-0.15, -0.1) is 0 Å². The molecule has 1 amide bonds. The molecule has 120 valence electrons. The summed E-state index contributed by atoms with van der Waals surface area (Å²) < 4.78 is 0. The first-order valence-corrected chi connectivity index (χ1v) is 8.24. The van der Waals surface area contributed by atoms with Crippen LogP contribution in [0, 0.1) is 6.92 Å². The normalized spacial score (nSPS) is 10.4. The van der Waals surface area contributed by atoms with Crippen LogP contribution in [-0.2, 0) is 6.42 Å². The molecule has 0 spiro atoms. The van der Waals surface area contributed by atoms with E-state index in [1.165, 1.54) is 0 Å². The van der Waals surface area contributed by atoms with Gasteiger partial charge in [0.25, 0.3) is 5.91 Å². The van der Waals surface area contributed by atoms with E-state index < -0.39 is 0 Å². The van der Waals surface area contributed by atoms with Crippen LogP contribution in [0.2, 0.25) is 0 Å². The fraction of sp³-hybridized carbons (Fsp3) is 0.136. The van der Waals surface area contributed by atoms with Gasteiger partial charge in [0.1, 0.15) is 0 Å². The van der Waals surface area contributed by atoms with Crippen molar-refractivity contribution in [1.29, 1.82) is 0 Å². The van der Waals surface area contributed by atoms with Crippen LogP contribution in [0.1, 0.15) is 28.4 Å². The standard InChI is InChI=1S/C22H21NO/c1-3-17-11-7-8-16(2)21(17)23-22(24)20-14-12-19(13-15-20)18-9-5-4-6-10-18/h4-15H,3H2,1-2H3,(H,23,24). The molecule has 0 saturated carbocycles. The number of aryl methyl sites for hydroxylation is 2. The lowest BCUT2D eigenvalue weighted by atomic mass is 10.0. The number of benzene rings is 3. The van der Waals surface area contributed by atoms with Crippen LogP contribution in [0.4, 0.5) is 5.69 Å². The van der Waals surface area contributed by atoms with Crippen LogP contribution in [0.5, 0.6) is 0 Å². The van der Waals surface area contributed by atoms with Crippen molar-refractivity contribution in [3.8, 4) is 11.1 Å². The van der Waals surface area contributed by atoms with Crippen molar-refractivity contribution in [2.24, 2.45) is 0 Å². The number of carbonyl (C=O) groups is 1. The highest BCUT2D eigenvalue weighted by atomic mass is 16.1. The van der Waals surface area contributed by atoms with E-state index >= 15 is 0 Å². The van der Waals surface area contributed by atoms with Gasteiger partial charge in [-0.25, -0.2) is 0 Å².